The molecule has 3 rings (SSSR count). The molecule has 0 fully saturated rings. The molecule has 27 heavy (non-hydrogen) atoms. The van der Waals surface area contributed by atoms with E-state index in [9.17, 15) is 13.6 Å². The number of imidazole rings is 1. The summed E-state index contributed by atoms with van der Waals surface area (Å²) in [6.07, 6.45) is 1.74. The standard InChI is InChI=1S/C20H21F2N3OS/c1-2-8-15(14-9-4-3-5-10-14)23-18(26)13-27-20-24-16-11-6-7-12-17(16)25(20)19(21)22/h3-7,9-12,15,19H,2,8,13H2,1H3,(H,23,26). The van der Waals surface area contributed by atoms with E-state index in [2.05, 4.69) is 17.2 Å². The molecule has 7 heteroatoms. The van der Waals surface area contributed by atoms with E-state index in [4.69, 9.17) is 0 Å². The van der Waals surface area contributed by atoms with Gasteiger partial charge >= 0.3 is 6.55 Å². The van der Waals surface area contributed by atoms with E-state index in [0.29, 0.717) is 11.0 Å². The normalized spacial score (nSPS) is 12.4. The summed E-state index contributed by atoms with van der Waals surface area (Å²) in [5.74, 6) is -0.168. The largest absolute Gasteiger partial charge is 0.349 e. The number of para-hydroxylation sites is 2. The first-order chi connectivity index (χ1) is 13.1. The molecular weight excluding hydrogens is 368 g/mol. The Balaban J connectivity index is 1.70. The van der Waals surface area contributed by atoms with E-state index in [1.165, 1.54) is 0 Å². The number of hydrogen-bond acceptors (Lipinski definition) is 3. The SMILES string of the molecule is CCCC(NC(=O)CSc1nc2ccccc2n1C(F)F)c1ccccc1. The number of nitrogens with one attached hydrogen (secondary N) is 1. The zero-order valence-electron chi connectivity index (χ0n) is 14.9. The number of amides is 1. The number of nitrogens with zero attached hydrogens (tertiary/aromatic N) is 2. The lowest BCUT2D eigenvalue weighted by atomic mass is 10.0. The molecule has 1 N–H and O–H groups in total. The average Bonchev–Trinajstić information content (AvgIpc) is 3.05. The van der Waals surface area contributed by atoms with Gasteiger partial charge in [-0.2, -0.15) is 8.78 Å². The quantitative estimate of drug-likeness (QED) is 0.540. The van der Waals surface area contributed by atoms with Crippen LogP contribution in [0.15, 0.2) is 59.8 Å². The third-order valence-electron chi connectivity index (χ3n) is 4.21. The van der Waals surface area contributed by atoms with Crippen molar-refractivity contribution in [1.29, 1.82) is 0 Å². The van der Waals surface area contributed by atoms with Crippen LogP contribution in [0.25, 0.3) is 11.0 Å². The third kappa shape index (κ3) is 4.66. The highest BCUT2D eigenvalue weighted by Gasteiger charge is 2.20. The molecule has 1 heterocycles. The number of halogens is 2. The lowest BCUT2D eigenvalue weighted by Gasteiger charge is -2.18. The van der Waals surface area contributed by atoms with Crippen LogP contribution in [-0.4, -0.2) is 21.2 Å². The molecule has 0 bridgehead atoms. The summed E-state index contributed by atoms with van der Waals surface area (Å²) in [5.41, 5.74) is 1.90. The van der Waals surface area contributed by atoms with Crippen molar-refractivity contribution in [3.8, 4) is 0 Å². The number of rotatable bonds is 8. The summed E-state index contributed by atoms with van der Waals surface area (Å²) in [6, 6.07) is 16.4. The van der Waals surface area contributed by atoms with Gasteiger partial charge in [-0.05, 0) is 24.1 Å². The fraction of sp³-hybridized carbons (Fsp3) is 0.300. The minimum Gasteiger partial charge on any atom is -0.349 e. The van der Waals surface area contributed by atoms with Crippen LogP contribution in [0.1, 0.15) is 37.9 Å². The van der Waals surface area contributed by atoms with E-state index in [-0.39, 0.29) is 22.9 Å². The second kappa shape index (κ2) is 8.99. The minimum atomic E-state index is -2.71. The van der Waals surface area contributed by atoms with Crippen molar-refractivity contribution >= 4 is 28.7 Å². The van der Waals surface area contributed by atoms with Gasteiger partial charge in [-0.15, -0.1) is 0 Å². The summed E-state index contributed by atoms with van der Waals surface area (Å²) >= 11 is 1.02. The Morgan fingerprint density at radius 2 is 1.85 bits per heavy atom. The lowest BCUT2D eigenvalue weighted by Crippen LogP contribution is -2.30. The maximum atomic E-state index is 13.5. The van der Waals surface area contributed by atoms with Crippen LogP contribution in [0, 0.1) is 0 Å². The number of alkyl halides is 2. The van der Waals surface area contributed by atoms with Gasteiger partial charge in [-0.25, -0.2) is 4.98 Å². The van der Waals surface area contributed by atoms with Crippen molar-refractivity contribution in [2.75, 3.05) is 5.75 Å². The Labute approximate surface area is 161 Å². The second-order valence-electron chi connectivity index (χ2n) is 6.14. The number of carbonyl (C=O) groups is 1. The molecule has 142 valence electrons. The molecule has 3 aromatic rings. The Morgan fingerprint density at radius 1 is 1.15 bits per heavy atom. The summed E-state index contributed by atoms with van der Waals surface area (Å²) in [7, 11) is 0. The highest BCUT2D eigenvalue weighted by atomic mass is 32.2. The summed E-state index contributed by atoms with van der Waals surface area (Å²) in [5, 5.41) is 3.15. The summed E-state index contributed by atoms with van der Waals surface area (Å²) < 4.78 is 27.8. The van der Waals surface area contributed by atoms with Crippen molar-refractivity contribution in [3.63, 3.8) is 0 Å². The molecule has 1 atom stereocenters. The van der Waals surface area contributed by atoms with Crippen molar-refractivity contribution in [2.24, 2.45) is 0 Å². The van der Waals surface area contributed by atoms with Crippen LogP contribution >= 0.6 is 11.8 Å². The van der Waals surface area contributed by atoms with Gasteiger partial charge in [0.2, 0.25) is 5.91 Å². The molecule has 0 saturated carbocycles. The van der Waals surface area contributed by atoms with Gasteiger partial charge in [0, 0.05) is 0 Å². The zero-order valence-corrected chi connectivity index (χ0v) is 15.8. The minimum absolute atomic E-state index is 0.0308. The predicted octanol–water partition coefficient (Wildman–Crippen LogP) is 5.18. The van der Waals surface area contributed by atoms with Crippen LogP contribution in [-0.2, 0) is 4.79 Å². The first kappa shape index (κ1) is 19.4. The van der Waals surface area contributed by atoms with Gasteiger partial charge in [0.05, 0.1) is 22.8 Å². The third-order valence-corrected chi connectivity index (χ3v) is 5.16. The van der Waals surface area contributed by atoms with E-state index in [1.54, 1.807) is 24.3 Å². The predicted molar refractivity (Wildman–Crippen MR) is 104 cm³/mol. The van der Waals surface area contributed by atoms with Gasteiger partial charge in [0.15, 0.2) is 5.16 Å². The van der Waals surface area contributed by atoms with E-state index in [0.717, 1.165) is 34.7 Å². The number of hydrogen-bond donors (Lipinski definition) is 1. The first-order valence-electron chi connectivity index (χ1n) is 8.82. The lowest BCUT2D eigenvalue weighted by molar-refractivity contribution is -0.119. The number of benzene rings is 2. The van der Waals surface area contributed by atoms with Crippen molar-refractivity contribution in [1.82, 2.24) is 14.9 Å². The van der Waals surface area contributed by atoms with Crippen LogP contribution in [0.3, 0.4) is 0 Å². The fourth-order valence-corrected chi connectivity index (χ4v) is 3.80. The maximum absolute atomic E-state index is 13.5. The Kier molecular flexibility index (Phi) is 6.45. The molecule has 2 aromatic carbocycles. The van der Waals surface area contributed by atoms with Crippen LogP contribution < -0.4 is 5.32 Å². The zero-order chi connectivity index (χ0) is 19.2. The highest BCUT2D eigenvalue weighted by molar-refractivity contribution is 7.99. The summed E-state index contributed by atoms with van der Waals surface area (Å²) in [4.78, 5) is 16.7. The monoisotopic (exact) mass is 389 g/mol. The van der Waals surface area contributed by atoms with Gasteiger partial charge in [0.25, 0.3) is 0 Å². The maximum Gasteiger partial charge on any atom is 0.321 e. The first-order valence-corrected chi connectivity index (χ1v) is 9.81. The molecule has 1 unspecified atom stereocenters. The molecule has 0 aliphatic carbocycles. The van der Waals surface area contributed by atoms with Crippen LogP contribution in [0.5, 0.6) is 0 Å². The number of carbonyl (C=O) groups excluding carboxylic acids is 1. The molecule has 1 aromatic heterocycles. The van der Waals surface area contributed by atoms with Crippen molar-refractivity contribution in [3.05, 3.63) is 60.2 Å². The molecule has 1 amide bonds. The van der Waals surface area contributed by atoms with Crippen molar-refractivity contribution in [2.45, 2.75) is 37.5 Å². The molecule has 0 aliphatic heterocycles. The topological polar surface area (TPSA) is 46.9 Å². The van der Waals surface area contributed by atoms with E-state index in [1.807, 2.05) is 30.3 Å². The average molecular weight is 389 g/mol. The fourth-order valence-electron chi connectivity index (χ4n) is 2.98. The Morgan fingerprint density at radius 3 is 2.56 bits per heavy atom. The van der Waals surface area contributed by atoms with Gasteiger partial charge < -0.3 is 5.32 Å². The number of thioether (sulfide) groups is 1. The van der Waals surface area contributed by atoms with Gasteiger partial charge in [-0.3, -0.25) is 9.36 Å². The molecule has 4 nitrogen and oxygen atoms in total. The van der Waals surface area contributed by atoms with Gasteiger partial charge in [-0.1, -0.05) is 67.6 Å². The smallest absolute Gasteiger partial charge is 0.321 e. The highest BCUT2D eigenvalue weighted by Crippen LogP contribution is 2.29. The molecule has 0 saturated heterocycles. The van der Waals surface area contributed by atoms with Crippen LogP contribution in [0.2, 0.25) is 0 Å². The molecule has 0 spiro atoms. The van der Waals surface area contributed by atoms with E-state index >= 15 is 0 Å². The molecule has 0 aliphatic rings. The second-order valence-corrected chi connectivity index (χ2v) is 7.08. The Bertz CT molecular complexity index is 899. The molecule has 0 radical (unpaired) electrons. The van der Waals surface area contributed by atoms with E-state index < -0.39 is 6.55 Å². The number of fused-ring (bicyclic) bond motifs is 1. The van der Waals surface area contributed by atoms with Crippen molar-refractivity contribution < 1.29 is 13.6 Å². The molecular formula is C20H21F2N3OS. The Hall–Kier alpha value is -2.41. The van der Waals surface area contributed by atoms with Gasteiger partial charge in [0.1, 0.15) is 0 Å². The van der Waals surface area contributed by atoms with Crippen LogP contribution in [0.4, 0.5) is 8.78 Å². The number of aromatic nitrogens is 2. The summed E-state index contributed by atoms with van der Waals surface area (Å²) in [6.45, 7) is -0.651.